The average Bonchev–Trinajstić information content (AvgIpc) is 3.13. The van der Waals surface area contributed by atoms with Crippen molar-refractivity contribution in [1.82, 2.24) is 5.32 Å². The van der Waals surface area contributed by atoms with Crippen LogP contribution in [0.15, 0.2) is 18.2 Å². The predicted octanol–water partition coefficient (Wildman–Crippen LogP) is 3.55. The maximum absolute atomic E-state index is 3.66. The Bertz CT molecular complexity index is 379. The predicted molar refractivity (Wildman–Crippen MR) is 67.8 cm³/mol. The van der Waals surface area contributed by atoms with Crippen LogP contribution < -0.4 is 5.32 Å². The first-order valence-electron chi connectivity index (χ1n) is 6.75. The summed E-state index contributed by atoms with van der Waals surface area (Å²) in [5, 5.41) is 3.66. The lowest BCUT2D eigenvalue weighted by Gasteiger charge is -2.28. The van der Waals surface area contributed by atoms with Gasteiger partial charge >= 0.3 is 0 Å². The monoisotopic (exact) mass is 215 g/mol. The van der Waals surface area contributed by atoms with Crippen LogP contribution in [0.2, 0.25) is 0 Å². The van der Waals surface area contributed by atoms with Crippen molar-refractivity contribution in [3.05, 3.63) is 34.9 Å². The van der Waals surface area contributed by atoms with Gasteiger partial charge in [0.1, 0.15) is 0 Å². The van der Waals surface area contributed by atoms with Crippen molar-refractivity contribution in [1.29, 1.82) is 0 Å². The van der Waals surface area contributed by atoms with E-state index in [0.29, 0.717) is 6.04 Å². The van der Waals surface area contributed by atoms with Gasteiger partial charge in [0.05, 0.1) is 0 Å². The van der Waals surface area contributed by atoms with E-state index in [0.717, 1.165) is 5.92 Å². The molecule has 0 spiro atoms. The zero-order valence-corrected chi connectivity index (χ0v) is 10.1. The second-order valence-electron chi connectivity index (χ2n) is 5.23. The van der Waals surface area contributed by atoms with E-state index < -0.39 is 0 Å². The molecular weight excluding hydrogens is 194 g/mol. The highest BCUT2D eigenvalue weighted by atomic mass is 14.9. The topological polar surface area (TPSA) is 12.0 Å². The van der Waals surface area contributed by atoms with Gasteiger partial charge in [0, 0.05) is 6.04 Å². The number of benzene rings is 1. The Morgan fingerprint density at radius 3 is 2.81 bits per heavy atom. The molecular formula is C15H21N. The Morgan fingerprint density at radius 1 is 1.25 bits per heavy atom. The Hall–Kier alpha value is -0.820. The summed E-state index contributed by atoms with van der Waals surface area (Å²) in [5.74, 6) is 0.898. The van der Waals surface area contributed by atoms with Gasteiger partial charge in [0.25, 0.3) is 0 Å². The van der Waals surface area contributed by atoms with Crippen LogP contribution in [0.4, 0.5) is 0 Å². The highest BCUT2D eigenvalue weighted by Crippen LogP contribution is 2.44. The maximum atomic E-state index is 3.66. The molecule has 0 radical (unpaired) electrons. The average molecular weight is 215 g/mol. The Morgan fingerprint density at radius 2 is 2.06 bits per heavy atom. The minimum absolute atomic E-state index is 0.618. The van der Waals surface area contributed by atoms with Gasteiger partial charge in [0.15, 0.2) is 0 Å². The molecule has 1 nitrogen and oxygen atoms in total. The second-order valence-corrected chi connectivity index (χ2v) is 5.23. The van der Waals surface area contributed by atoms with Gasteiger partial charge in [-0.2, -0.15) is 0 Å². The van der Waals surface area contributed by atoms with E-state index in [2.05, 4.69) is 30.4 Å². The molecule has 0 saturated heterocycles. The fraction of sp³-hybridized carbons (Fsp3) is 0.600. The number of hydrogen-bond acceptors (Lipinski definition) is 1. The van der Waals surface area contributed by atoms with Crippen molar-refractivity contribution >= 4 is 0 Å². The number of nitrogens with one attached hydrogen (secondary N) is 1. The molecule has 1 atom stereocenters. The number of rotatable bonds is 3. The number of hydrogen-bond donors (Lipinski definition) is 1. The summed E-state index contributed by atoms with van der Waals surface area (Å²) in [7, 11) is 0. The molecule has 1 N–H and O–H groups in total. The molecule has 0 aromatic heterocycles. The van der Waals surface area contributed by atoms with Crippen LogP contribution in [0, 0.1) is 0 Å². The van der Waals surface area contributed by atoms with Crippen molar-refractivity contribution in [2.75, 3.05) is 6.54 Å². The van der Waals surface area contributed by atoms with Crippen LogP contribution in [0.5, 0.6) is 0 Å². The van der Waals surface area contributed by atoms with E-state index >= 15 is 0 Å². The van der Waals surface area contributed by atoms with Crippen LogP contribution in [0.25, 0.3) is 0 Å². The zero-order valence-electron chi connectivity index (χ0n) is 10.1. The molecule has 2 aliphatic rings. The molecule has 16 heavy (non-hydrogen) atoms. The zero-order chi connectivity index (χ0) is 11.0. The standard InChI is InChI=1S/C15H21N/c1-2-4-15-14-6-3-5-12(11-7-8-11)13(14)9-10-16-15/h3,5-6,11,15-16H,2,4,7-10H2,1H3. The Balaban J connectivity index is 1.97. The first-order valence-corrected chi connectivity index (χ1v) is 6.75. The molecule has 1 heterocycles. The van der Waals surface area contributed by atoms with Crippen LogP contribution >= 0.6 is 0 Å². The normalized spacial score (nSPS) is 24.2. The molecule has 3 rings (SSSR count). The van der Waals surface area contributed by atoms with Gasteiger partial charge in [-0.15, -0.1) is 0 Å². The molecule has 1 aliphatic heterocycles. The lowest BCUT2D eigenvalue weighted by atomic mass is 9.87. The summed E-state index contributed by atoms with van der Waals surface area (Å²) in [6.07, 6.45) is 6.62. The van der Waals surface area contributed by atoms with E-state index in [1.807, 2.05) is 0 Å². The molecule has 1 aromatic rings. The van der Waals surface area contributed by atoms with Crippen LogP contribution in [-0.2, 0) is 6.42 Å². The molecule has 86 valence electrons. The third kappa shape index (κ3) is 1.78. The minimum Gasteiger partial charge on any atom is -0.310 e. The van der Waals surface area contributed by atoms with Gasteiger partial charge in [0.2, 0.25) is 0 Å². The minimum atomic E-state index is 0.618. The smallest absolute Gasteiger partial charge is 0.0323 e. The quantitative estimate of drug-likeness (QED) is 0.813. The van der Waals surface area contributed by atoms with Crippen molar-refractivity contribution in [3.8, 4) is 0 Å². The van der Waals surface area contributed by atoms with Gasteiger partial charge in [-0.05, 0) is 54.8 Å². The van der Waals surface area contributed by atoms with E-state index in [1.165, 1.54) is 38.6 Å². The van der Waals surface area contributed by atoms with Gasteiger partial charge < -0.3 is 5.32 Å². The highest BCUT2D eigenvalue weighted by molar-refractivity contribution is 5.42. The van der Waals surface area contributed by atoms with E-state index in [9.17, 15) is 0 Å². The summed E-state index contributed by atoms with van der Waals surface area (Å²) in [6.45, 7) is 3.45. The van der Waals surface area contributed by atoms with Gasteiger partial charge in [-0.3, -0.25) is 0 Å². The summed E-state index contributed by atoms with van der Waals surface area (Å²) in [6, 6.07) is 7.59. The van der Waals surface area contributed by atoms with Crippen LogP contribution in [-0.4, -0.2) is 6.54 Å². The lowest BCUT2D eigenvalue weighted by Crippen LogP contribution is -2.30. The van der Waals surface area contributed by atoms with Crippen molar-refractivity contribution in [2.24, 2.45) is 0 Å². The van der Waals surface area contributed by atoms with Crippen molar-refractivity contribution in [2.45, 2.75) is 51.0 Å². The Kier molecular flexibility index (Phi) is 2.72. The third-order valence-electron chi connectivity index (χ3n) is 3.98. The first kappa shape index (κ1) is 10.3. The SMILES string of the molecule is CCCC1NCCc2c(C3CC3)cccc21. The Labute approximate surface area is 98.3 Å². The molecule has 1 fully saturated rings. The molecule has 1 heteroatoms. The van der Waals surface area contributed by atoms with Crippen LogP contribution in [0.3, 0.4) is 0 Å². The molecule has 1 unspecified atom stereocenters. The molecule has 0 bridgehead atoms. The highest BCUT2D eigenvalue weighted by Gasteiger charge is 2.29. The molecule has 0 amide bonds. The molecule has 1 saturated carbocycles. The summed E-state index contributed by atoms with van der Waals surface area (Å²) in [5.41, 5.74) is 4.94. The maximum Gasteiger partial charge on any atom is 0.0323 e. The fourth-order valence-corrected chi connectivity index (χ4v) is 3.04. The summed E-state index contributed by atoms with van der Waals surface area (Å²) in [4.78, 5) is 0. The van der Waals surface area contributed by atoms with Gasteiger partial charge in [-0.1, -0.05) is 31.5 Å². The van der Waals surface area contributed by atoms with Gasteiger partial charge in [-0.25, -0.2) is 0 Å². The van der Waals surface area contributed by atoms with E-state index in [-0.39, 0.29) is 0 Å². The first-order chi connectivity index (χ1) is 7.90. The second kappa shape index (κ2) is 4.21. The van der Waals surface area contributed by atoms with Crippen molar-refractivity contribution < 1.29 is 0 Å². The molecule has 1 aromatic carbocycles. The number of fused-ring (bicyclic) bond motifs is 1. The van der Waals surface area contributed by atoms with E-state index in [4.69, 9.17) is 0 Å². The summed E-state index contributed by atoms with van der Waals surface area (Å²) >= 11 is 0. The largest absolute Gasteiger partial charge is 0.310 e. The summed E-state index contributed by atoms with van der Waals surface area (Å²) < 4.78 is 0. The lowest BCUT2D eigenvalue weighted by molar-refractivity contribution is 0.469. The fourth-order valence-electron chi connectivity index (χ4n) is 3.04. The molecule has 1 aliphatic carbocycles. The third-order valence-corrected chi connectivity index (χ3v) is 3.98. The van der Waals surface area contributed by atoms with E-state index in [1.54, 1.807) is 16.7 Å². The van der Waals surface area contributed by atoms with Crippen LogP contribution in [0.1, 0.15) is 61.3 Å². The van der Waals surface area contributed by atoms with Crippen molar-refractivity contribution in [3.63, 3.8) is 0 Å².